The van der Waals surface area contributed by atoms with Crippen LogP contribution in [0.3, 0.4) is 0 Å². The van der Waals surface area contributed by atoms with Gasteiger partial charge >= 0.3 is 0 Å². The van der Waals surface area contributed by atoms with Crippen molar-refractivity contribution in [3.8, 4) is 17.1 Å². The van der Waals surface area contributed by atoms with Crippen molar-refractivity contribution in [3.63, 3.8) is 0 Å². The van der Waals surface area contributed by atoms with Crippen LogP contribution < -0.4 is 0 Å². The summed E-state index contributed by atoms with van der Waals surface area (Å²) in [7, 11) is 0. The van der Waals surface area contributed by atoms with Gasteiger partial charge in [0.1, 0.15) is 12.7 Å². The van der Waals surface area contributed by atoms with Gasteiger partial charge in [0.15, 0.2) is 11.6 Å². The maximum atomic E-state index is 4.78. The third-order valence-corrected chi connectivity index (χ3v) is 3.92. The molecule has 1 aliphatic carbocycles. The van der Waals surface area contributed by atoms with Crippen LogP contribution in [0.2, 0.25) is 0 Å². The van der Waals surface area contributed by atoms with Gasteiger partial charge in [-0.2, -0.15) is 5.10 Å². The minimum atomic E-state index is 0.299. The molecule has 0 radical (unpaired) electrons. The van der Waals surface area contributed by atoms with Gasteiger partial charge in [0.05, 0.1) is 0 Å². The molecule has 6 heteroatoms. The lowest BCUT2D eigenvalue weighted by Gasteiger charge is -2.09. The fourth-order valence-corrected chi connectivity index (χ4v) is 2.53. The van der Waals surface area contributed by atoms with Crippen LogP contribution in [0.4, 0.5) is 0 Å². The van der Waals surface area contributed by atoms with Gasteiger partial charge in [-0.05, 0) is 51.0 Å². The Morgan fingerprint density at radius 2 is 1.73 bits per heavy atom. The van der Waals surface area contributed by atoms with Crippen molar-refractivity contribution >= 4 is 0 Å². The molecule has 0 N–H and O–H groups in total. The zero-order valence-corrected chi connectivity index (χ0v) is 12.7. The monoisotopic (exact) mass is 294 g/mol. The zero-order chi connectivity index (χ0) is 15.1. The van der Waals surface area contributed by atoms with E-state index in [1.807, 2.05) is 9.25 Å². The first-order valence-corrected chi connectivity index (χ1v) is 7.64. The molecule has 0 atom stereocenters. The highest BCUT2D eigenvalue weighted by Crippen LogP contribution is 2.39. The molecule has 22 heavy (non-hydrogen) atoms. The number of benzene rings is 1. The Labute approximate surface area is 128 Å². The van der Waals surface area contributed by atoms with Gasteiger partial charge in [0, 0.05) is 23.2 Å². The largest absolute Gasteiger partial charge is 0.288 e. The Morgan fingerprint density at radius 1 is 1.05 bits per heavy atom. The van der Waals surface area contributed by atoms with Crippen LogP contribution in [0, 0.1) is 0 Å². The smallest absolute Gasteiger partial charge is 0.158 e. The Kier molecular flexibility index (Phi) is 3.03. The summed E-state index contributed by atoms with van der Waals surface area (Å²) in [4.78, 5) is 4.78. The summed E-state index contributed by atoms with van der Waals surface area (Å²) in [6.45, 7) is 4.28. The Balaban J connectivity index is 1.71. The van der Waals surface area contributed by atoms with Crippen LogP contribution in [0.25, 0.3) is 17.1 Å². The lowest BCUT2D eigenvalue weighted by Crippen LogP contribution is -2.05. The van der Waals surface area contributed by atoms with Gasteiger partial charge in [-0.25, -0.2) is 9.67 Å². The predicted molar refractivity (Wildman–Crippen MR) is 82.7 cm³/mol. The highest BCUT2D eigenvalue weighted by molar-refractivity contribution is 5.58. The van der Waals surface area contributed by atoms with Gasteiger partial charge in [-0.1, -0.05) is 0 Å². The highest BCUT2D eigenvalue weighted by atomic mass is 15.4. The Bertz CT molecular complexity index is 766. The van der Waals surface area contributed by atoms with E-state index in [2.05, 4.69) is 48.3 Å². The van der Waals surface area contributed by atoms with Crippen LogP contribution in [0.5, 0.6) is 0 Å². The Morgan fingerprint density at radius 3 is 2.32 bits per heavy atom. The molecule has 0 aliphatic heterocycles. The second kappa shape index (κ2) is 5.05. The van der Waals surface area contributed by atoms with Crippen LogP contribution in [-0.2, 0) is 0 Å². The SMILES string of the molecule is CC(C)n1nc(C2CC2)nc1-c1ccc(-n2cnnc2)cc1. The minimum Gasteiger partial charge on any atom is -0.288 e. The molecule has 1 aliphatic rings. The first kappa shape index (κ1) is 13.2. The van der Waals surface area contributed by atoms with E-state index < -0.39 is 0 Å². The van der Waals surface area contributed by atoms with E-state index in [1.165, 1.54) is 12.8 Å². The summed E-state index contributed by atoms with van der Waals surface area (Å²) >= 11 is 0. The maximum absolute atomic E-state index is 4.78. The van der Waals surface area contributed by atoms with Gasteiger partial charge < -0.3 is 0 Å². The summed E-state index contributed by atoms with van der Waals surface area (Å²) in [5.41, 5.74) is 2.12. The maximum Gasteiger partial charge on any atom is 0.158 e. The fourth-order valence-electron chi connectivity index (χ4n) is 2.53. The molecule has 1 aromatic carbocycles. The average Bonchev–Trinajstić information content (AvgIpc) is 3.06. The summed E-state index contributed by atoms with van der Waals surface area (Å²) in [5.74, 6) is 2.51. The van der Waals surface area contributed by atoms with E-state index in [4.69, 9.17) is 10.1 Å². The molecule has 2 aromatic heterocycles. The normalized spacial score (nSPS) is 14.7. The topological polar surface area (TPSA) is 61.4 Å². The van der Waals surface area contributed by atoms with Crippen molar-refractivity contribution in [3.05, 3.63) is 42.7 Å². The quantitative estimate of drug-likeness (QED) is 0.742. The van der Waals surface area contributed by atoms with Crippen molar-refractivity contribution in [2.45, 2.75) is 38.6 Å². The molecule has 0 bridgehead atoms. The second-order valence-corrected chi connectivity index (χ2v) is 6.02. The third-order valence-electron chi connectivity index (χ3n) is 3.92. The molecule has 112 valence electrons. The third kappa shape index (κ3) is 2.30. The number of nitrogens with zero attached hydrogens (tertiary/aromatic N) is 6. The van der Waals surface area contributed by atoms with Gasteiger partial charge in [0.2, 0.25) is 0 Å². The molecule has 0 unspecified atom stereocenters. The average molecular weight is 294 g/mol. The van der Waals surface area contributed by atoms with Crippen molar-refractivity contribution in [1.82, 2.24) is 29.5 Å². The fraction of sp³-hybridized carbons (Fsp3) is 0.375. The molecule has 0 saturated heterocycles. The summed E-state index contributed by atoms with van der Waals surface area (Å²) < 4.78 is 3.91. The number of hydrogen-bond acceptors (Lipinski definition) is 4. The number of aromatic nitrogens is 6. The molecule has 1 saturated carbocycles. The van der Waals surface area contributed by atoms with E-state index in [0.717, 1.165) is 22.9 Å². The lowest BCUT2D eigenvalue weighted by atomic mass is 10.2. The first-order valence-electron chi connectivity index (χ1n) is 7.64. The van der Waals surface area contributed by atoms with Crippen molar-refractivity contribution in [1.29, 1.82) is 0 Å². The summed E-state index contributed by atoms with van der Waals surface area (Å²) in [5, 5.41) is 12.4. The van der Waals surface area contributed by atoms with Crippen LogP contribution in [0.15, 0.2) is 36.9 Å². The Hall–Kier alpha value is -2.50. The van der Waals surface area contributed by atoms with E-state index in [1.54, 1.807) is 12.7 Å². The lowest BCUT2D eigenvalue weighted by molar-refractivity contribution is 0.532. The molecule has 0 spiro atoms. The van der Waals surface area contributed by atoms with E-state index in [9.17, 15) is 0 Å². The number of rotatable bonds is 4. The molecular formula is C16H18N6. The van der Waals surface area contributed by atoms with Gasteiger partial charge in [-0.15, -0.1) is 10.2 Å². The van der Waals surface area contributed by atoms with E-state index >= 15 is 0 Å². The van der Waals surface area contributed by atoms with Crippen LogP contribution in [-0.4, -0.2) is 29.5 Å². The van der Waals surface area contributed by atoms with Crippen LogP contribution >= 0.6 is 0 Å². The van der Waals surface area contributed by atoms with Gasteiger partial charge in [-0.3, -0.25) is 4.57 Å². The van der Waals surface area contributed by atoms with Gasteiger partial charge in [0.25, 0.3) is 0 Å². The molecule has 6 nitrogen and oxygen atoms in total. The van der Waals surface area contributed by atoms with Crippen molar-refractivity contribution < 1.29 is 0 Å². The first-order chi connectivity index (χ1) is 10.7. The molecular weight excluding hydrogens is 276 g/mol. The van der Waals surface area contributed by atoms with E-state index in [0.29, 0.717) is 12.0 Å². The standard InChI is InChI=1S/C16H18N6/c1-11(2)22-16(19-15(20-22)12-3-4-12)13-5-7-14(8-6-13)21-9-17-18-10-21/h5-12H,3-4H2,1-2H3. The number of hydrogen-bond donors (Lipinski definition) is 0. The molecule has 4 rings (SSSR count). The summed E-state index contributed by atoms with van der Waals surface area (Å²) in [6, 6.07) is 8.56. The van der Waals surface area contributed by atoms with Crippen LogP contribution in [0.1, 0.15) is 44.5 Å². The second-order valence-electron chi connectivity index (χ2n) is 6.02. The van der Waals surface area contributed by atoms with Crippen molar-refractivity contribution in [2.75, 3.05) is 0 Å². The molecule has 0 amide bonds. The molecule has 2 heterocycles. The van der Waals surface area contributed by atoms with E-state index in [-0.39, 0.29) is 0 Å². The molecule has 1 fully saturated rings. The minimum absolute atomic E-state index is 0.299. The zero-order valence-electron chi connectivity index (χ0n) is 12.7. The predicted octanol–water partition coefficient (Wildman–Crippen LogP) is 2.98. The molecule has 3 aromatic rings. The van der Waals surface area contributed by atoms with Crippen molar-refractivity contribution in [2.24, 2.45) is 0 Å². The summed E-state index contributed by atoms with van der Waals surface area (Å²) in [6.07, 6.45) is 5.82. The highest BCUT2D eigenvalue weighted by Gasteiger charge is 2.29.